The molecule has 204 valence electrons. The number of unbranched alkanes of at least 4 members (excludes halogenated alkanes) is 9. The van der Waals surface area contributed by atoms with Gasteiger partial charge in [-0.15, -0.1) is 0 Å². The summed E-state index contributed by atoms with van der Waals surface area (Å²) < 4.78 is 0. The van der Waals surface area contributed by atoms with Gasteiger partial charge in [-0.05, 0) is 38.0 Å². The number of carbonyl (C=O) groups excluding carboxylic acids is 1. The maximum atomic E-state index is 11.6. The summed E-state index contributed by atoms with van der Waals surface area (Å²) in [5.74, 6) is -0.00799. The van der Waals surface area contributed by atoms with Crippen molar-refractivity contribution in [3.8, 4) is 0 Å². The Balaban J connectivity index is 2.36. The van der Waals surface area contributed by atoms with Gasteiger partial charge in [0.05, 0.1) is 0 Å². The maximum Gasteiger partial charge on any atom is 0.246 e. The molecule has 0 heterocycles. The fraction of sp³-hybridized carbons (Fsp3) is 0.500. The van der Waals surface area contributed by atoms with E-state index in [0.29, 0.717) is 0 Å². The molecule has 0 N–H and O–H groups in total. The predicted molar refractivity (Wildman–Crippen MR) is 165 cm³/mol. The van der Waals surface area contributed by atoms with E-state index in [9.17, 15) is 4.79 Å². The minimum Gasteiger partial charge on any atom is -0.375 e. The van der Waals surface area contributed by atoms with Gasteiger partial charge in [0, 0.05) is 39.5 Å². The van der Waals surface area contributed by atoms with Crippen molar-refractivity contribution < 1.29 is 4.79 Å². The smallest absolute Gasteiger partial charge is 0.246 e. The SMILES string of the molecule is CCCCCCCCCCCCN(C)c1ccc(C=CC(C)=CC=CC=C(C)C=CC(=O)N(C)C)cc1. The van der Waals surface area contributed by atoms with E-state index in [0.717, 1.165) is 12.1 Å². The van der Waals surface area contributed by atoms with E-state index in [1.165, 1.54) is 81.0 Å². The quantitative estimate of drug-likeness (QED) is 0.113. The highest BCUT2D eigenvalue weighted by molar-refractivity contribution is 5.87. The zero-order valence-corrected chi connectivity index (χ0v) is 24.5. The Morgan fingerprint density at radius 1 is 0.703 bits per heavy atom. The van der Waals surface area contributed by atoms with Crippen LogP contribution in [0.1, 0.15) is 90.5 Å². The monoisotopic (exact) mass is 504 g/mol. The van der Waals surface area contributed by atoms with Gasteiger partial charge in [-0.25, -0.2) is 0 Å². The third kappa shape index (κ3) is 16.5. The van der Waals surface area contributed by atoms with Gasteiger partial charge in [0.15, 0.2) is 0 Å². The summed E-state index contributed by atoms with van der Waals surface area (Å²) in [7, 11) is 5.70. The van der Waals surface area contributed by atoms with E-state index in [1.807, 2.05) is 31.2 Å². The van der Waals surface area contributed by atoms with Crippen LogP contribution < -0.4 is 4.90 Å². The van der Waals surface area contributed by atoms with Crippen molar-refractivity contribution in [1.29, 1.82) is 0 Å². The van der Waals surface area contributed by atoms with Crippen LogP contribution in [0.2, 0.25) is 0 Å². The second kappa shape index (κ2) is 20.3. The summed E-state index contributed by atoms with van der Waals surface area (Å²) in [6, 6.07) is 8.82. The number of rotatable bonds is 18. The molecule has 0 atom stereocenters. The molecule has 3 nitrogen and oxygen atoms in total. The Kier molecular flexibility index (Phi) is 17.7. The molecule has 0 aliphatic heterocycles. The molecule has 1 amide bonds. The van der Waals surface area contributed by atoms with Crippen molar-refractivity contribution in [2.75, 3.05) is 32.6 Å². The lowest BCUT2D eigenvalue weighted by Crippen LogP contribution is -2.18. The molecule has 1 rings (SSSR count). The Labute approximate surface area is 228 Å². The van der Waals surface area contributed by atoms with E-state index in [-0.39, 0.29) is 5.91 Å². The topological polar surface area (TPSA) is 23.6 Å². The first-order valence-corrected chi connectivity index (χ1v) is 14.2. The van der Waals surface area contributed by atoms with Crippen molar-refractivity contribution in [2.24, 2.45) is 0 Å². The van der Waals surface area contributed by atoms with Crippen LogP contribution in [0.3, 0.4) is 0 Å². The van der Waals surface area contributed by atoms with Gasteiger partial charge >= 0.3 is 0 Å². The zero-order chi connectivity index (χ0) is 27.3. The number of carbonyl (C=O) groups is 1. The van der Waals surface area contributed by atoms with Gasteiger partial charge in [-0.3, -0.25) is 4.79 Å². The molecular formula is C34H52N2O. The second-order valence-electron chi connectivity index (χ2n) is 10.3. The van der Waals surface area contributed by atoms with Gasteiger partial charge in [0.1, 0.15) is 0 Å². The van der Waals surface area contributed by atoms with Gasteiger partial charge in [-0.2, -0.15) is 0 Å². The molecule has 0 aliphatic carbocycles. The molecule has 0 aromatic heterocycles. The van der Waals surface area contributed by atoms with Crippen LogP contribution in [-0.4, -0.2) is 38.5 Å². The van der Waals surface area contributed by atoms with Gasteiger partial charge < -0.3 is 9.80 Å². The molecule has 1 aromatic carbocycles. The number of benzene rings is 1. The average molecular weight is 505 g/mol. The Hall–Kier alpha value is -2.81. The minimum absolute atomic E-state index is 0.00799. The molecular weight excluding hydrogens is 452 g/mol. The Morgan fingerprint density at radius 2 is 1.22 bits per heavy atom. The summed E-state index contributed by atoms with van der Waals surface area (Å²) >= 11 is 0. The molecule has 0 radical (unpaired) electrons. The largest absolute Gasteiger partial charge is 0.375 e. The molecule has 0 saturated heterocycles. The lowest BCUT2D eigenvalue weighted by atomic mass is 10.1. The van der Waals surface area contributed by atoms with Crippen molar-refractivity contribution in [3.63, 3.8) is 0 Å². The fourth-order valence-electron chi connectivity index (χ4n) is 3.91. The Bertz CT molecular complexity index is 900. The molecule has 37 heavy (non-hydrogen) atoms. The molecule has 3 heteroatoms. The lowest BCUT2D eigenvalue weighted by Gasteiger charge is -2.19. The van der Waals surface area contributed by atoms with Crippen LogP contribution in [-0.2, 0) is 4.79 Å². The molecule has 0 bridgehead atoms. The number of anilines is 1. The highest BCUT2D eigenvalue weighted by Gasteiger charge is 2.01. The van der Waals surface area contributed by atoms with Crippen molar-refractivity contribution >= 4 is 17.7 Å². The number of hydrogen-bond acceptors (Lipinski definition) is 2. The lowest BCUT2D eigenvalue weighted by molar-refractivity contribution is -0.123. The number of amides is 1. The first-order chi connectivity index (χ1) is 17.8. The van der Waals surface area contributed by atoms with Crippen molar-refractivity contribution in [3.05, 3.63) is 83.5 Å². The van der Waals surface area contributed by atoms with Crippen LogP contribution in [0.15, 0.2) is 77.9 Å². The number of hydrogen-bond donors (Lipinski definition) is 0. The second-order valence-corrected chi connectivity index (χ2v) is 10.3. The first-order valence-electron chi connectivity index (χ1n) is 14.2. The normalized spacial score (nSPS) is 12.8. The van der Waals surface area contributed by atoms with E-state index >= 15 is 0 Å². The average Bonchev–Trinajstić information content (AvgIpc) is 2.89. The molecule has 1 aromatic rings. The summed E-state index contributed by atoms with van der Waals surface area (Å²) in [5, 5.41) is 0. The first kappa shape index (κ1) is 32.2. The predicted octanol–water partition coefficient (Wildman–Crippen LogP) is 9.15. The van der Waals surface area contributed by atoms with Crippen molar-refractivity contribution in [1.82, 2.24) is 4.90 Å². The number of likely N-dealkylation sites (N-methyl/N-ethyl adjacent to an activating group) is 1. The van der Waals surface area contributed by atoms with Gasteiger partial charge in [-0.1, -0.05) is 131 Å². The van der Waals surface area contributed by atoms with E-state index in [2.05, 4.69) is 68.3 Å². The standard InChI is InChI=1S/C34H52N2O/c1-7-8-9-10-11-12-13-14-15-18-29-36(6)33-26-24-32(25-27-33)23-21-30(2)19-16-17-20-31(3)22-28-34(37)35(4)5/h16-17,19-28H,7-15,18,29H2,1-6H3. The Morgan fingerprint density at radius 3 is 1.76 bits per heavy atom. The maximum absolute atomic E-state index is 11.6. The van der Waals surface area contributed by atoms with Gasteiger partial charge in [0.25, 0.3) is 0 Å². The summed E-state index contributed by atoms with van der Waals surface area (Å²) in [5.41, 5.74) is 4.71. The molecule has 0 unspecified atom stereocenters. The van der Waals surface area contributed by atoms with Gasteiger partial charge in [0.2, 0.25) is 5.91 Å². The number of allylic oxidation sites excluding steroid dienone is 8. The third-order valence-electron chi connectivity index (χ3n) is 6.48. The number of nitrogens with zero attached hydrogens (tertiary/aromatic N) is 2. The highest BCUT2D eigenvalue weighted by atomic mass is 16.2. The fourth-order valence-corrected chi connectivity index (χ4v) is 3.91. The molecule has 0 aliphatic rings. The van der Waals surface area contributed by atoms with E-state index in [4.69, 9.17) is 0 Å². The van der Waals surface area contributed by atoms with E-state index in [1.54, 1.807) is 25.1 Å². The third-order valence-corrected chi connectivity index (χ3v) is 6.48. The molecule has 0 saturated carbocycles. The minimum atomic E-state index is -0.00799. The highest BCUT2D eigenvalue weighted by Crippen LogP contribution is 2.17. The van der Waals surface area contributed by atoms with E-state index < -0.39 is 0 Å². The summed E-state index contributed by atoms with van der Waals surface area (Å²) in [6.45, 7) is 7.49. The molecule has 0 spiro atoms. The summed E-state index contributed by atoms with van der Waals surface area (Å²) in [4.78, 5) is 15.5. The summed E-state index contributed by atoms with van der Waals surface area (Å²) in [6.07, 6.45) is 29.6. The van der Waals surface area contributed by atoms with Crippen molar-refractivity contribution in [2.45, 2.75) is 85.0 Å². The zero-order valence-electron chi connectivity index (χ0n) is 24.5. The van der Waals surface area contributed by atoms with Crippen LogP contribution in [0.25, 0.3) is 6.08 Å². The van der Waals surface area contributed by atoms with Crippen LogP contribution >= 0.6 is 0 Å². The van der Waals surface area contributed by atoms with Crippen LogP contribution in [0.4, 0.5) is 5.69 Å². The van der Waals surface area contributed by atoms with Crippen LogP contribution in [0, 0.1) is 0 Å². The van der Waals surface area contributed by atoms with Crippen LogP contribution in [0.5, 0.6) is 0 Å². The molecule has 0 fully saturated rings.